The number of allylic oxidation sites excluding steroid dienone is 1. The summed E-state index contributed by atoms with van der Waals surface area (Å²) in [4.78, 5) is 0. The summed E-state index contributed by atoms with van der Waals surface area (Å²) in [5, 5.41) is 0. The second kappa shape index (κ2) is 7.33. The second-order valence-corrected chi connectivity index (χ2v) is 4.23. The van der Waals surface area contributed by atoms with Crippen LogP contribution in [-0.2, 0) is 9.47 Å². The zero-order valence-corrected chi connectivity index (χ0v) is 10.1. The van der Waals surface area contributed by atoms with Gasteiger partial charge < -0.3 is 9.47 Å². The minimum atomic E-state index is 0.395. The molecule has 2 nitrogen and oxygen atoms in total. The van der Waals surface area contributed by atoms with E-state index in [0.717, 1.165) is 13.0 Å². The fourth-order valence-electron chi connectivity index (χ4n) is 1.81. The van der Waals surface area contributed by atoms with E-state index in [9.17, 15) is 0 Å². The first-order chi connectivity index (χ1) is 7.08. The topological polar surface area (TPSA) is 18.5 Å². The van der Waals surface area contributed by atoms with Crippen LogP contribution in [0.5, 0.6) is 0 Å². The molecular weight excluding hydrogens is 188 g/mol. The highest BCUT2D eigenvalue weighted by Gasteiger charge is 2.30. The average Bonchev–Trinajstić information content (AvgIpc) is 2.49. The summed E-state index contributed by atoms with van der Waals surface area (Å²) in [6.45, 7) is 10.4. The van der Waals surface area contributed by atoms with E-state index in [1.807, 2.05) is 0 Å². The second-order valence-electron chi connectivity index (χ2n) is 4.23. The minimum absolute atomic E-state index is 0.395. The quantitative estimate of drug-likeness (QED) is 0.404. The van der Waals surface area contributed by atoms with Crippen molar-refractivity contribution in [3.8, 4) is 0 Å². The number of methoxy groups -OCH3 is 2. The average molecular weight is 210 g/mol. The fraction of sp³-hybridized carbons (Fsp3) is 0.615. The van der Waals surface area contributed by atoms with Crippen molar-refractivity contribution in [3.05, 3.63) is 30.7 Å². The normalized spacial score (nSPS) is 23.8. The van der Waals surface area contributed by atoms with Crippen molar-refractivity contribution in [3.63, 3.8) is 0 Å². The highest BCUT2D eigenvalue weighted by Crippen LogP contribution is 2.40. The minimum Gasteiger partial charge on any atom is -0.496 e. The van der Waals surface area contributed by atoms with E-state index < -0.39 is 0 Å². The number of hydrogen-bond acceptors (Lipinski definition) is 2. The van der Waals surface area contributed by atoms with Gasteiger partial charge in [0.15, 0.2) is 0 Å². The Morgan fingerprint density at radius 1 is 1.53 bits per heavy atom. The third-order valence-corrected chi connectivity index (χ3v) is 2.45. The molecular formula is C13H22O2. The van der Waals surface area contributed by atoms with Gasteiger partial charge in [-0.1, -0.05) is 31.4 Å². The Labute approximate surface area is 93.3 Å². The lowest BCUT2D eigenvalue weighted by molar-refractivity contribution is 0.0986. The van der Waals surface area contributed by atoms with Crippen LogP contribution < -0.4 is 0 Å². The highest BCUT2D eigenvalue weighted by molar-refractivity contribution is 5.06. The van der Waals surface area contributed by atoms with Crippen molar-refractivity contribution in [2.24, 2.45) is 5.41 Å². The molecule has 1 aliphatic carbocycles. The Morgan fingerprint density at radius 2 is 2.20 bits per heavy atom. The van der Waals surface area contributed by atoms with Crippen molar-refractivity contribution in [1.29, 1.82) is 0 Å². The molecule has 15 heavy (non-hydrogen) atoms. The van der Waals surface area contributed by atoms with Crippen LogP contribution in [0.1, 0.15) is 26.2 Å². The molecule has 1 aliphatic rings. The predicted molar refractivity (Wildman–Crippen MR) is 63.7 cm³/mol. The SMILES string of the molecule is C=C1CCC(C)(COC)C1.C=C=COC. The molecule has 0 heterocycles. The summed E-state index contributed by atoms with van der Waals surface area (Å²) in [6.07, 6.45) is 4.99. The molecule has 1 unspecified atom stereocenters. The maximum absolute atomic E-state index is 5.14. The van der Waals surface area contributed by atoms with Crippen molar-refractivity contribution < 1.29 is 9.47 Å². The monoisotopic (exact) mass is 210 g/mol. The molecule has 0 radical (unpaired) electrons. The molecule has 0 aromatic heterocycles. The Balaban J connectivity index is 0.000000336. The van der Waals surface area contributed by atoms with Gasteiger partial charge >= 0.3 is 0 Å². The van der Waals surface area contributed by atoms with E-state index >= 15 is 0 Å². The van der Waals surface area contributed by atoms with Crippen LogP contribution >= 0.6 is 0 Å². The van der Waals surface area contributed by atoms with Crippen molar-refractivity contribution in [2.45, 2.75) is 26.2 Å². The first-order valence-corrected chi connectivity index (χ1v) is 5.10. The van der Waals surface area contributed by atoms with Gasteiger partial charge in [-0.05, 0) is 24.7 Å². The summed E-state index contributed by atoms with van der Waals surface area (Å²) < 4.78 is 9.53. The van der Waals surface area contributed by atoms with E-state index in [4.69, 9.17) is 4.74 Å². The van der Waals surface area contributed by atoms with Gasteiger partial charge in [0.1, 0.15) is 6.26 Å². The van der Waals surface area contributed by atoms with Crippen LogP contribution in [0.3, 0.4) is 0 Å². The molecule has 0 N–H and O–H groups in total. The van der Waals surface area contributed by atoms with E-state index in [0.29, 0.717) is 5.41 Å². The lowest BCUT2D eigenvalue weighted by Crippen LogP contribution is -2.17. The van der Waals surface area contributed by atoms with E-state index in [1.54, 1.807) is 14.2 Å². The molecule has 0 aromatic rings. The molecule has 0 amide bonds. The van der Waals surface area contributed by atoms with Gasteiger partial charge in [-0.15, -0.1) is 0 Å². The molecule has 2 heteroatoms. The molecule has 86 valence electrons. The van der Waals surface area contributed by atoms with E-state index in [2.05, 4.69) is 30.5 Å². The van der Waals surface area contributed by atoms with Gasteiger partial charge in [0, 0.05) is 7.11 Å². The molecule has 0 saturated heterocycles. The number of rotatable bonds is 3. The van der Waals surface area contributed by atoms with Crippen molar-refractivity contribution in [1.82, 2.24) is 0 Å². The van der Waals surface area contributed by atoms with Gasteiger partial charge in [-0.2, -0.15) is 0 Å². The van der Waals surface area contributed by atoms with Crippen molar-refractivity contribution >= 4 is 0 Å². The highest BCUT2D eigenvalue weighted by atomic mass is 16.5. The molecule has 0 bridgehead atoms. The first-order valence-electron chi connectivity index (χ1n) is 5.10. The zero-order chi connectivity index (χ0) is 11.7. The maximum atomic E-state index is 5.14. The van der Waals surface area contributed by atoms with Gasteiger partial charge in [-0.25, -0.2) is 0 Å². The number of ether oxygens (including phenoxy) is 2. The molecule has 1 rings (SSSR count). The maximum Gasteiger partial charge on any atom is 0.124 e. The standard InChI is InChI=1S/C9H16O.C4H6O/c1-8-4-5-9(2,6-8)7-10-3;1-3-4-5-2/h1,4-7H2,2-3H3;4H,1H2,2H3. The summed E-state index contributed by atoms with van der Waals surface area (Å²) in [6, 6.07) is 0. The molecule has 1 atom stereocenters. The Bertz CT molecular complexity index is 239. The lowest BCUT2D eigenvalue weighted by Gasteiger charge is -2.21. The van der Waals surface area contributed by atoms with Gasteiger partial charge in [0.2, 0.25) is 0 Å². The van der Waals surface area contributed by atoms with Gasteiger partial charge in [-0.3, -0.25) is 0 Å². The number of hydrogen-bond donors (Lipinski definition) is 0. The summed E-state index contributed by atoms with van der Waals surface area (Å²) in [5.74, 6) is 0. The van der Waals surface area contributed by atoms with Crippen LogP contribution in [0.4, 0.5) is 0 Å². The van der Waals surface area contributed by atoms with E-state index in [1.165, 1.54) is 24.7 Å². The Hall–Kier alpha value is -0.980. The largest absolute Gasteiger partial charge is 0.496 e. The predicted octanol–water partition coefficient (Wildman–Crippen LogP) is 3.31. The van der Waals surface area contributed by atoms with E-state index in [-0.39, 0.29) is 0 Å². The molecule has 0 aromatic carbocycles. The Morgan fingerprint density at radius 3 is 2.47 bits per heavy atom. The molecule has 1 saturated carbocycles. The third-order valence-electron chi connectivity index (χ3n) is 2.45. The van der Waals surface area contributed by atoms with Crippen LogP contribution in [0.15, 0.2) is 30.7 Å². The van der Waals surface area contributed by atoms with Crippen LogP contribution in [0, 0.1) is 5.41 Å². The third kappa shape index (κ3) is 6.16. The summed E-state index contributed by atoms with van der Waals surface area (Å²) >= 11 is 0. The van der Waals surface area contributed by atoms with Crippen LogP contribution in [0.25, 0.3) is 0 Å². The summed E-state index contributed by atoms with van der Waals surface area (Å²) in [5.41, 5.74) is 4.20. The van der Waals surface area contributed by atoms with Crippen LogP contribution in [-0.4, -0.2) is 20.8 Å². The van der Waals surface area contributed by atoms with Gasteiger partial charge in [0.25, 0.3) is 0 Å². The lowest BCUT2D eigenvalue weighted by atomic mass is 9.90. The van der Waals surface area contributed by atoms with Crippen LogP contribution in [0.2, 0.25) is 0 Å². The summed E-state index contributed by atoms with van der Waals surface area (Å²) in [7, 11) is 3.32. The van der Waals surface area contributed by atoms with Crippen molar-refractivity contribution in [2.75, 3.05) is 20.8 Å². The zero-order valence-electron chi connectivity index (χ0n) is 10.1. The Kier molecular flexibility index (Phi) is 6.85. The molecule has 1 fully saturated rings. The van der Waals surface area contributed by atoms with Gasteiger partial charge in [0.05, 0.1) is 13.7 Å². The first kappa shape index (κ1) is 14.0. The fourth-order valence-corrected chi connectivity index (χ4v) is 1.81. The molecule has 0 aliphatic heterocycles. The smallest absolute Gasteiger partial charge is 0.124 e. The molecule has 0 spiro atoms.